The highest BCUT2D eigenvalue weighted by Crippen LogP contribution is 2.14. The van der Waals surface area contributed by atoms with Crippen molar-refractivity contribution in [2.75, 3.05) is 13.1 Å². The Morgan fingerprint density at radius 2 is 2.00 bits per heavy atom. The standard InChI is InChI=1S/C13H19ClN2/c1-10-8-16(11(2)7-15-10)9-12-3-5-13(14)6-4-12/h3-6,10-11,15H,7-9H2,1-2H3/t10-,11+/m1/s1. The zero-order chi connectivity index (χ0) is 11.5. The zero-order valence-electron chi connectivity index (χ0n) is 9.91. The first-order valence-corrected chi connectivity index (χ1v) is 6.25. The van der Waals surface area contributed by atoms with E-state index in [1.54, 1.807) is 0 Å². The van der Waals surface area contributed by atoms with Gasteiger partial charge in [0.15, 0.2) is 0 Å². The average molecular weight is 239 g/mol. The van der Waals surface area contributed by atoms with Crippen LogP contribution in [-0.4, -0.2) is 30.1 Å². The van der Waals surface area contributed by atoms with Crippen molar-refractivity contribution in [3.8, 4) is 0 Å². The van der Waals surface area contributed by atoms with Gasteiger partial charge < -0.3 is 5.32 Å². The lowest BCUT2D eigenvalue weighted by atomic mass is 10.1. The van der Waals surface area contributed by atoms with Crippen molar-refractivity contribution < 1.29 is 0 Å². The van der Waals surface area contributed by atoms with Crippen LogP contribution in [0.3, 0.4) is 0 Å². The Balaban J connectivity index is 2.00. The summed E-state index contributed by atoms with van der Waals surface area (Å²) in [5, 5.41) is 4.30. The predicted molar refractivity (Wildman–Crippen MR) is 68.8 cm³/mol. The summed E-state index contributed by atoms with van der Waals surface area (Å²) in [5.74, 6) is 0. The second-order valence-corrected chi connectivity index (χ2v) is 5.15. The van der Waals surface area contributed by atoms with Gasteiger partial charge in [0.2, 0.25) is 0 Å². The molecule has 1 aromatic rings. The Bertz CT molecular complexity index is 336. The van der Waals surface area contributed by atoms with Crippen LogP contribution in [0, 0.1) is 0 Å². The molecular formula is C13H19ClN2. The summed E-state index contributed by atoms with van der Waals surface area (Å²) in [4.78, 5) is 2.52. The van der Waals surface area contributed by atoms with Crippen LogP contribution in [0.25, 0.3) is 0 Å². The highest BCUT2D eigenvalue weighted by Gasteiger charge is 2.21. The molecule has 1 aliphatic rings. The predicted octanol–water partition coefficient (Wildman–Crippen LogP) is 2.52. The Morgan fingerprint density at radius 3 is 2.69 bits per heavy atom. The smallest absolute Gasteiger partial charge is 0.0406 e. The minimum absolute atomic E-state index is 0.587. The molecule has 1 N–H and O–H groups in total. The van der Waals surface area contributed by atoms with Gasteiger partial charge in [-0.1, -0.05) is 23.7 Å². The molecule has 0 amide bonds. The second kappa shape index (κ2) is 5.17. The van der Waals surface area contributed by atoms with E-state index in [2.05, 4.69) is 36.2 Å². The van der Waals surface area contributed by atoms with E-state index < -0.39 is 0 Å². The van der Waals surface area contributed by atoms with Gasteiger partial charge in [-0.05, 0) is 31.5 Å². The van der Waals surface area contributed by atoms with Crippen LogP contribution in [0.1, 0.15) is 19.4 Å². The number of nitrogens with one attached hydrogen (secondary N) is 1. The maximum absolute atomic E-state index is 5.88. The SMILES string of the molecule is C[C@@H]1CN(Cc2ccc(Cl)cc2)[C@@H](C)CN1. The third kappa shape index (κ3) is 2.97. The van der Waals surface area contributed by atoms with Crippen molar-refractivity contribution >= 4 is 11.6 Å². The molecule has 0 radical (unpaired) electrons. The molecule has 0 bridgehead atoms. The van der Waals surface area contributed by atoms with Gasteiger partial charge in [-0.15, -0.1) is 0 Å². The van der Waals surface area contributed by atoms with E-state index in [1.807, 2.05) is 12.1 Å². The van der Waals surface area contributed by atoms with Crippen LogP contribution in [0.4, 0.5) is 0 Å². The van der Waals surface area contributed by atoms with E-state index in [1.165, 1.54) is 5.56 Å². The molecule has 0 unspecified atom stereocenters. The fourth-order valence-corrected chi connectivity index (χ4v) is 2.27. The number of hydrogen-bond acceptors (Lipinski definition) is 2. The van der Waals surface area contributed by atoms with Gasteiger partial charge in [0.05, 0.1) is 0 Å². The van der Waals surface area contributed by atoms with Crippen molar-refractivity contribution in [1.82, 2.24) is 10.2 Å². The second-order valence-electron chi connectivity index (χ2n) is 4.71. The first kappa shape index (κ1) is 11.9. The number of benzene rings is 1. The van der Waals surface area contributed by atoms with Gasteiger partial charge in [-0.25, -0.2) is 0 Å². The topological polar surface area (TPSA) is 15.3 Å². The van der Waals surface area contributed by atoms with Crippen molar-refractivity contribution in [2.24, 2.45) is 0 Å². The summed E-state index contributed by atoms with van der Waals surface area (Å²) >= 11 is 5.88. The summed E-state index contributed by atoms with van der Waals surface area (Å²) in [6.07, 6.45) is 0. The fraction of sp³-hybridized carbons (Fsp3) is 0.538. The van der Waals surface area contributed by atoms with Gasteiger partial charge in [0, 0.05) is 36.7 Å². The number of nitrogens with zero attached hydrogens (tertiary/aromatic N) is 1. The summed E-state index contributed by atoms with van der Waals surface area (Å²) in [6, 6.07) is 9.35. The van der Waals surface area contributed by atoms with Crippen molar-refractivity contribution in [2.45, 2.75) is 32.5 Å². The number of piperazine rings is 1. The molecule has 2 nitrogen and oxygen atoms in total. The number of hydrogen-bond donors (Lipinski definition) is 1. The quantitative estimate of drug-likeness (QED) is 0.852. The zero-order valence-corrected chi connectivity index (χ0v) is 10.7. The third-order valence-electron chi connectivity index (χ3n) is 3.19. The van der Waals surface area contributed by atoms with Crippen molar-refractivity contribution in [3.63, 3.8) is 0 Å². The molecule has 1 heterocycles. The average Bonchev–Trinajstić information content (AvgIpc) is 2.27. The van der Waals surface area contributed by atoms with Crippen LogP contribution in [0.2, 0.25) is 5.02 Å². The lowest BCUT2D eigenvalue weighted by Crippen LogP contribution is -2.53. The fourth-order valence-electron chi connectivity index (χ4n) is 2.14. The highest BCUT2D eigenvalue weighted by atomic mass is 35.5. The molecule has 0 spiro atoms. The van der Waals surface area contributed by atoms with Crippen LogP contribution < -0.4 is 5.32 Å². The maximum Gasteiger partial charge on any atom is 0.0406 e. The van der Waals surface area contributed by atoms with Gasteiger partial charge in [0.1, 0.15) is 0 Å². The molecule has 3 heteroatoms. The normalized spacial score (nSPS) is 26.9. The van der Waals surface area contributed by atoms with E-state index >= 15 is 0 Å². The highest BCUT2D eigenvalue weighted by molar-refractivity contribution is 6.30. The van der Waals surface area contributed by atoms with Gasteiger partial charge in [-0.2, -0.15) is 0 Å². The van der Waals surface area contributed by atoms with E-state index in [0.29, 0.717) is 12.1 Å². The molecule has 2 atom stereocenters. The van der Waals surface area contributed by atoms with Crippen LogP contribution >= 0.6 is 11.6 Å². The molecule has 0 aliphatic carbocycles. The maximum atomic E-state index is 5.88. The molecule has 88 valence electrons. The molecular weight excluding hydrogens is 220 g/mol. The summed E-state index contributed by atoms with van der Waals surface area (Å²) in [7, 11) is 0. The lowest BCUT2D eigenvalue weighted by molar-refractivity contribution is 0.139. The lowest BCUT2D eigenvalue weighted by Gasteiger charge is -2.37. The van der Waals surface area contributed by atoms with Crippen molar-refractivity contribution in [3.05, 3.63) is 34.9 Å². The summed E-state index contributed by atoms with van der Waals surface area (Å²) in [5.41, 5.74) is 1.34. The third-order valence-corrected chi connectivity index (χ3v) is 3.44. The largest absolute Gasteiger partial charge is 0.311 e. The molecule has 1 aromatic carbocycles. The number of halogens is 1. The summed E-state index contributed by atoms with van der Waals surface area (Å²) in [6.45, 7) is 7.72. The van der Waals surface area contributed by atoms with Gasteiger partial charge >= 0.3 is 0 Å². The monoisotopic (exact) mass is 238 g/mol. The Labute approximate surface area is 103 Å². The molecule has 1 saturated heterocycles. The molecule has 16 heavy (non-hydrogen) atoms. The van der Waals surface area contributed by atoms with Crippen LogP contribution in [-0.2, 0) is 6.54 Å². The first-order valence-electron chi connectivity index (χ1n) is 5.87. The number of rotatable bonds is 2. The van der Waals surface area contributed by atoms with Crippen molar-refractivity contribution in [1.29, 1.82) is 0 Å². The Hall–Kier alpha value is -0.570. The van der Waals surface area contributed by atoms with Gasteiger partial charge in [0.25, 0.3) is 0 Å². The first-order chi connectivity index (χ1) is 7.65. The van der Waals surface area contributed by atoms with Crippen LogP contribution in [0.5, 0.6) is 0 Å². The van der Waals surface area contributed by atoms with Gasteiger partial charge in [-0.3, -0.25) is 4.90 Å². The van der Waals surface area contributed by atoms with E-state index in [0.717, 1.165) is 24.7 Å². The van der Waals surface area contributed by atoms with Crippen LogP contribution in [0.15, 0.2) is 24.3 Å². The van der Waals surface area contributed by atoms with E-state index in [4.69, 9.17) is 11.6 Å². The molecule has 1 aliphatic heterocycles. The Morgan fingerprint density at radius 1 is 1.31 bits per heavy atom. The minimum Gasteiger partial charge on any atom is -0.311 e. The van der Waals surface area contributed by atoms with E-state index in [9.17, 15) is 0 Å². The molecule has 1 fully saturated rings. The van der Waals surface area contributed by atoms with E-state index in [-0.39, 0.29) is 0 Å². The summed E-state index contributed by atoms with van der Waals surface area (Å²) < 4.78 is 0. The molecule has 0 aromatic heterocycles. The minimum atomic E-state index is 0.587. The molecule has 2 rings (SSSR count). The Kier molecular flexibility index (Phi) is 3.85. The molecule has 0 saturated carbocycles.